The largest absolute Gasteiger partial charge is 0.307 e. The lowest BCUT2D eigenvalue weighted by atomic mass is 10.1. The maximum absolute atomic E-state index is 12.2. The van der Waals surface area contributed by atoms with Crippen LogP contribution in [0, 0.1) is 0 Å². The zero-order valence-corrected chi connectivity index (χ0v) is 14.8. The van der Waals surface area contributed by atoms with E-state index in [0.29, 0.717) is 16.6 Å². The minimum absolute atomic E-state index is 0.0673. The van der Waals surface area contributed by atoms with Crippen molar-refractivity contribution in [1.29, 1.82) is 0 Å². The van der Waals surface area contributed by atoms with Crippen LogP contribution >= 0.6 is 39.1 Å². The average Bonchev–Trinajstić information content (AvgIpc) is 2.40. The first-order valence-corrected chi connectivity index (χ1v) is 7.90. The fraction of sp³-hybridized carbons (Fsp3) is 0.267. The van der Waals surface area contributed by atoms with Crippen LogP contribution in [0.5, 0.6) is 0 Å². The highest BCUT2D eigenvalue weighted by molar-refractivity contribution is 9.10. The lowest BCUT2D eigenvalue weighted by Crippen LogP contribution is -2.31. The summed E-state index contributed by atoms with van der Waals surface area (Å²) in [7, 11) is 3.93. The van der Waals surface area contributed by atoms with Crippen LogP contribution in [0.2, 0.25) is 10.0 Å². The molecule has 6 heteroatoms. The molecule has 0 aliphatic carbocycles. The first kappa shape index (κ1) is 16.6. The number of likely N-dealkylation sites (N-methyl/N-ethyl adjacent to an activating group) is 1. The fourth-order valence-corrected chi connectivity index (χ4v) is 2.76. The summed E-state index contributed by atoms with van der Waals surface area (Å²) in [5.74, 6) is 0. The number of hydrogen-bond donors (Lipinski definition) is 0. The summed E-state index contributed by atoms with van der Waals surface area (Å²) in [6.45, 7) is 0.680. The minimum Gasteiger partial charge on any atom is -0.307 e. The number of halogens is 3. The Morgan fingerprint density at radius 2 is 1.90 bits per heavy atom. The van der Waals surface area contributed by atoms with E-state index in [2.05, 4.69) is 15.9 Å². The number of nitrogens with zero attached hydrogens (tertiary/aromatic N) is 2. The topological polar surface area (TPSA) is 25.2 Å². The normalized spacial score (nSPS) is 12.7. The summed E-state index contributed by atoms with van der Waals surface area (Å²) >= 11 is 15.4. The van der Waals surface area contributed by atoms with Crippen molar-refractivity contribution in [3.05, 3.63) is 67.0 Å². The smallest absolute Gasteiger partial charge is 0.252 e. The van der Waals surface area contributed by atoms with Crippen LogP contribution in [-0.2, 0) is 0 Å². The van der Waals surface area contributed by atoms with Gasteiger partial charge in [-0.15, -0.1) is 0 Å². The lowest BCUT2D eigenvalue weighted by Gasteiger charge is -2.24. The molecule has 0 N–H and O–H groups in total. The summed E-state index contributed by atoms with van der Waals surface area (Å²) < 4.78 is 2.46. The van der Waals surface area contributed by atoms with E-state index in [9.17, 15) is 4.79 Å². The summed E-state index contributed by atoms with van der Waals surface area (Å²) in [6, 6.07) is 8.74. The molecule has 0 spiro atoms. The molecule has 3 nitrogen and oxygen atoms in total. The van der Waals surface area contributed by atoms with E-state index in [1.807, 2.05) is 37.2 Å². The van der Waals surface area contributed by atoms with Crippen molar-refractivity contribution in [3.63, 3.8) is 0 Å². The van der Waals surface area contributed by atoms with Gasteiger partial charge in [-0.05, 0) is 37.9 Å². The van der Waals surface area contributed by atoms with Crippen LogP contribution in [0.3, 0.4) is 0 Å². The Kier molecular flexibility index (Phi) is 5.49. The zero-order valence-electron chi connectivity index (χ0n) is 11.7. The van der Waals surface area contributed by atoms with Gasteiger partial charge in [0.15, 0.2) is 0 Å². The van der Waals surface area contributed by atoms with Crippen LogP contribution in [-0.4, -0.2) is 30.1 Å². The Morgan fingerprint density at radius 3 is 2.48 bits per heavy atom. The Morgan fingerprint density at radius 1 is 1.19 bits per heavy atom. The Labute approximate surface area is 142 Å². The van der Waals surface area contributed by atoms with Crippen molar-refractivity contribution in [2.24, 2.45) is 0 Å². The van der Waals surface area contributed by atoms with Crippen LogP contribution in [0.1, 0.15) is 11.6 Å². The van der Waals surface area contributed by atoms with E-state index in [0.717, 1.165) is 10.0 Å². The average molecular weight is 390 g/mol. The van der Waals surface area contributed by atoms with Gasteiger partial charge >= 0.3 is 0 Å². The second-order valence-corrected chi connectivity index (χ2v) is 6.77. The molecule has 1 heterocycles. The number of hydrogen-bond acceptors (Lipinski definition) is 2. The summed E-state index contributed by atoms with van der Waals surface area (Å²) in [5, 5.41) is 0.996. The predicted molar refractivity (Wildman–Crippen MR) is 91.6 cm³/mol. The summed E-state index contributed by atoms with van der Waals surface area (Å²) in [5.41, 5.74) is 0.879. The van der Waals surface area contributed by atoms with Gasteiger partial charge in [-0.25, -0.2) is 0 Å². The van der Waals surface area contributed by atoms with Crippen molar-refractivity contribution < 1.29 is 0 Å². The molecule has 1 unspecified atom stereocenters. The van der Waals surface area contributed by atoms with Gasteiger partial charge in [0.1, 0.15) is 0 Å². The third kappa shape index (κ3) is 4.10. The quantitative estimate of drug-likeness (QED) is 0.787. The molecule has 2 rings (SSSR count). The first-order chi connectivity index (χ1) is 9.88. The van der Waals surface area contributed by atoms with Crippen LogP contribution in [0.4, 0.5) is 0 Å². The third-order valence-corrected chi connectivity index (χ3v) is 4.34. The van der Waals surface area contributed by atoms with Gasteiger partial charge < -0.3 is 9.47 Å². The molecular weight excluding hydrogens is 375 g/mol. The summed E-state index contributed by atoms with van der Waals surface area (Å²) in [6.07, 6.45) is 1.78. The third-order valence-electron chi connectivity index (χ3n) is 3.11. The second kappa shape index (κ2) is 6.97. The Hall–Kier alpha value is -0.810. The van der Waals surface area contributed by atoms with Gasteiger partial charge in [0, 0.05) is 23.3 Å². The zero-order chi connectivity index (χ0) is 15.6. The molecule has 1 aromatic heterocycles. The van der Waals surface area contributed by atoms with Crippen molar-refractivity contribution in [1.82, 2.24) is 9.47 Å². The van der Waals surface area contributed by atoms with Crippen LogP contribution in [0.15, 0.2) is 45.8 Å². The molecule has 0 saturated carbocycles. The molecule has 1 atom stereocenters. The van der Waals surface area contributed by atoms with Gasteiger partial charge in [0.2, 0.25) is 0 Å². The standard InChI is InChI=1S/C15H15BrCl2N2O/c1-19(2)9-14(10-3-4-12(17)13(18)7-10)20-6-5-11(16)8-15(20)21/h3-8,14H,9H2,1-2H3. The number of pyridine rings is 1. The van der Waals surface area contributed by atoms with E-state index < -0.39 is 0 Å². The molecule has 21 heavy (non-hydrogen) atoms. The summed E-state index contributed by atoms with van der Waals surface area (Å²) in [4.78, 5) is 14.3. The van der Waals surface area contributed by atoms with E-state index in [4.69, 9.17) is 23.2 Å². The molecule has 0 saturated heterocycles. The number of aromatic nitrogens is 1. The molecule has 0 fully saturated rings. The molecule has 2 aromatic rings. The van der Waals surface area contributed by atoms with Gasteiger partial charge in [0.25, 0.3) is 5.56 Å². The minimum atomic E-state index is -0.129. The molecule has 112 valence electrons. The molecule has 0 amide bonds. The monoisotopic (exact) mass is 388 g/mol. The maximum atomic E-state index is 12.2. The molecular formula is C15H15BrCl2N2O. The van der Waals surface area contributed by atoms with Crippen molar-refractivity contribution in [2.45, 2.75) is 6.04 Å². The maximum Gasteiger partial charge on any atom is 0.252 e. The van der Waals surface area contributed by atoms with Gasteiger partial charge in [-0.3, -0.25) is 4.79 Å². The molecule has 1 aromatic carbocycles. The molecule has 0 bridgehead atoms. The lowest BCUT2D eigenvalue weighted by molar-refractivity contribution is 0.346. The van der Waals surface area contributed by atoms with E-state index in [-0.39, 0.29) is 11.6 Å². The molecule has 0 aliphatic heterocycles. The van der Waals surface area contributed by atoms with Gasteiger partial charge in [0.05, 0.1) is 16.1 Å². The van der Waals surface area contributed by atoms with Gasteiger partial charge in [-0.1, -0.05) is 45.2 Å². The van der Waals surface area contributed by atoms with Crippen molar-refractivity contribution in [2.75, 3.05) is 20.6 Å². The fourth-order valence-electron chi connectivity index (χ4n) is 2.14. The second-order valence-electron chi connectivity index (χ2n) is 5.04. The number of rotatable bonds is 4. The predicted octanol–water partition coefficient (Wildman–Crippen LogP) is 4.07. The van der Waals surface area contributed by atoms with Gasteiger partial charge in [-0.2, -0.15) is 0 Å². The Balaban J connectivity index is 2.52. The van der Waals surface area contributed by atoms with Crippen LogP contribution in [0.25, 0.3) is 0 Å². The van der Waals surface area contributed by atoms with E-state index >= 15 is 0 Å². The Bertz CT molecular complexity index is 700. The van der Waals surface area contributed by atoms with E-state index in [1.165, 1.54) is 0 Å². The van der Waals surface area contributed by atoms with Crippen molar-refractivity contribution in [3.8, 4) is 0 Å². The van der Waals surface area contributed by atoms with Crippen molar-refractivity contribution >= 4 is 39.1 Å². The first-order valence-electron chi connectivity index (χ1n) is 6.36. The highest BCUT2D eigenvalue weighted by Gasteiger charge is 2.17. The molecule has 0 aliphatic rings. The SMILES string of the molecule is CN(C)CC(c1ccc(Cl)c(Cl)c1)n1ccc(Br)cc1=O. The molecule has 0 radical (unpaired) electrons. The van der Waals surface area contributed by atoms with E-state index in [1.54, 1.807) is 22.9 Å². The highest BCUT2D eigenvalue weighted by atomic mass is 79.9. The number of benzene rings is 1. The van der Waals surface area contributed by atoms with Crippen LogP contribution < -0.4 is 5.56 Å². The highest BCUT2D eigenvalue weighted by Crippen LogP contribution is 2.27.